The van der Waals surface area contributed by atoms with Crippen molar-refractivity contribution in [3.8, 4) is 0 Å². The van der Waals surface area contributed by atoms with E-state index >= 15 is 0 Å². The third-order valence-corrected chi connectivity index (χ3v) is 3.87. The normalized spacial score (nSPS) is 14.8. The molecule has 0 saturated heterocycles. The van der Waals surface area contributed by atoms with Crippen molar-refractivity contribution in [1.29, 1.82) is 0 Å². The molecular formula is C15H25ClN2. The van der Waals surface area contributed by atoms with Crippen LogP contribution in [0.4, 0.5) is 0 Å². The largest absolute Gasteiger partial charge is 0.328 e. The second-order valence-corrected chi connectivity index (χ2v) is 5.42. The van der Waals surface area contributed by atoms with Gasteiger partial charge in [-0.25, -0.2) is 0 Å². The molecule has 2 N–H and O–H groups in total. The molecule has 0 heterocycles. The number of hydrogen-bond donors (Lipinski definition) is 1. The zero-order valence-electron chi connectivity index (χ0n) is 11.7. The Bertz CT molecular complexity index is 354. The van der Waals surface area contributed by atoms with Gasteiger partial charge in [-0.15, -0.1) is 0 Å². The lowest BCUT2D eigenvalue weighted by Crippen LogP contribution is -2.29. The standard InChI is InChI=1S/C15H25ClN2/c1-4-7-13(17)10-11-18(3)12(2)14-8-5-6-9-15(14)16/h5-6,8-9,12-13H,4,7,10-11,17H2,1-3H3. The van der Waals surface area contributed by atoms with Gasteiger partial charge in [-0.2, -0.15) is 0 Å². The molecule has 0 spiro atoms. The fraction of sp³-hybridized carbons (Fsp3) is 0.600. The fourth-order valence-electron chi connectivity index (χ4n) is 2.13. The van der Waals surface area contributed by atoms with Crippen LogP contribution in [0.25, 0.3) is 0 Å². The Morgan fingerprint density at radius 2 is 1.94 bits per heavy atom. The van der Waals surface area contributed by atoms with Gasteiger partial charge in [0.15, 0.2) is 0 Å². The molecule has 0 aliphatic heterocycles. The maximum atomic E-state index is 6.22. The molecule has 3 heteroatoms. The predicted octanol–water partition coefficient (Wildman–Crippen LogP) is 3.85. The van der Waals surface area contributed by atoms with Crippen LogP contribution in [0.1, 0.15) is 44.7 Å². The van der Waals surface area contributed by atoms with Gasteiger partial charge in [-0.1, -0.05) is 43.1 Å². The van der Waals surface area contributed by atoms with E-state index in [2.05, 4.69) is 31.9 Å². The molecular weight excluding hydrogens is 244 g/mol. The quantitative estimate of drug-likeness (QED) is 0.814. The van der Waals surface area contributed by atoms with Crippen molar-refractivity contribution in [3.63, 3.8) is 0 Å². The molecule has 2 unspecified atom stereocenters. The third kappa shape index (κ3) is 4.60. The summed E-state index contributed by atoms with van der Waals surface area (Å²) in [6.07, 6.45) is 3.30. The first-order valence-electron chi connectivity index (χ1n) is 6.76. The van der Waals surface area contributed by atoms with E-state index in [1.807, 2.05) is 18.2 Å². The van der Waals surface area contributed by atoms with Gasteiger partial charge in [-0.3, -0.25) is 4.90 Å². The summed E-state index contributed by atoms with van der Waals surface area (Å²) in [7, 11) is 2.13. The minimum atomic E-state index is 0.316. The van der Waals surface area contributed by atoms with Gasteiger partial charge in [0.2, 0.25) is 0 Å². The average Bonchev–Trinajstić information content (AvgIpc) is 2.36. The molecule has 2 nitrogen and oxygen atoms in total. The molecule has 0 bridgehead atoms. The fourth-order valence-corrected chi connectivity index (χ4v) is 2.42. The van der Waals surface area contributed by atoms with Crippen molar-refractivity contribution in [3.05, 3.63) is 34.9 Å². The van der Waals surface area contributed by atoms with E-state index in [1.54, 1.807) is 0 Å². The predicted molar refractivity (Wildman–Crippen MR) is 80.0 cm³/mol. The van der Waals surface area contributed by atoms with E-state index in [-0.39, 0.29) is 0 Å². The first-order valence-corrected chi connectivity index (χ1v) is 7.14. The maximum Gasteiger partial charge on any atom is 0.0453 e. The third-order valence-electron chi connectivity index (χ3n) is 3.53. The highest BCUT2D eigenvalue weighted by Gasteiger charge is 2.14. The molecule has 0 saturated carbocycles. The van der Waals surface area contributed by atoms with Crippen LogP contribution in [0, 0.1) is 0 Å². The topological polar surface area (TPSA) is 29.3 Å². The Morgan fingerprint density at radius 3 is 2.56 bits per heavy atom. The lowest BCUT2D eigenvalue weighted by atomic mass is 10.1. The summed E-state index contributed by atoms with van der Waals surface area (Å²) in [5.74, 6) is 0. The van der Waals surface area contributed by atoms with Gasteiger partial charge in [0, 0.05) is 17.1 Å². The van der Waals surface area contributed by atoms with Crippen LogP contribution in [-0.2, 0) is 0 Å². The first-order chi connectivity index (χ1) is 8.56. The molecule has 2 atom stereocenters. The highest BCUT2D eigenvalue weighted by molar-refractivity contribution is 6.31. The molecule has 0 radical (unpaired) electrons. The number of nitrogens with two attached hydrogens (primary N) is 1. The SMILES string of the molecule is CCCC(N)CCN(C)C(C)c1ccccc1Cl. The zero-order valence-corrected chi connectivity index (χ0v) is 12.5. The summed E-state index contributed by atoms with van der Waals surface area (Å²) < 4.78 is 0. The van der Waals surface area contributed by atoms with E-state index < -0.39 is 0 Å². The summed E-state index contributed by atoms with van der Waals surface area (Å²) in [5.41, 5.74) is 7.23. The van der Waals surface area contributed by atoms with Crippen LogP contribution in [-0.4, -0.2) is 24.5 Å². The van der Waals surface area contributed by atoms with Gasteiger partial charge in [-0.05, 0) is 45.0 Å². The van der Waals surface area contributed by atoms with Crippen LogP contribution in [0.2, 0.25) is 5.02 Å². The highest BCUT2D eigenvalue weighted by Crippen LogP contribution is 2.26. The summed E-state index contributed by atoms with van der Waals surface area (Å²) in [6, 6.07) is 8.69. The minimum absolute atomic E-state index is 0.316. The van der Waals surface area contributed by atoms with E-state index in [0.29, 0.717) is 12.1 Å². The van der Waals surface area contributed by atoms with Gasteiger partial charge in [0.25, 0.3) is 0 Å². The van der Waals surface area contributed by atoms with Crippen molar-refractivity contribution in [1.82, 2.24) is 4.90 Å². The Morgan fingerprint density at radius 1 is 1.28 bits per heavy atom. The first kappa shape index (κ1) is 15.5. The van der Waals surface area contributed by atoms with Gasteiger partial charge >= 0.3 is 0 Å². The molecule has 0 aliphatic rings. The smallest absolute Gasteiger partial charge is 0.0453 e. The number of benzene rings is 1. The molecule has 0 amide bonds. The second kappa shape index (κ2) is 7.78. The lowest BCUT2D eigenvalue weighted by molar-refractivity contribution is 0.249. The number of nitrogens with zero attached hydrogens (tertiary/aromatic N) is 1. The van der Waals surface area contributed by atoms with Gasteiger partial charge in [0.05, 0.1) is 0 Å². The minimum Gasteiger partial charge on any atom is -0.328 e. The lowest BCUT2D eigenvalue weighted by Gasteiger charge is -2.27. The van der Waals surface area contributed by atoms with Crippen LogP contribution < -0.4 is 5.73 Å². The molecule has 1 rings (SSSR count). The van der Waals surface area contributed by atoms with Crippen molar-refractivity contribution in [2.24, 2.45) is 5.73 Å². The Hall–Kier alpha value is -0.570. The Labute approximate surface area is 116 Å². The van der Waals surface area contributed by atoms with E-state index in [0.717, 1.165) is 30.8 Å². The van der Waals surface area contributed by atoms with E-state index in [4.69, 9.17) is 17.3 Å². The van der Waals surface area contributed by atoms with Crippen LogP contribution in [0.15, 0.2) is 24.3 Å². The van der Waals surface area contributed by atoms with E-state index in [1.165, 1.54) is 5.56 Å². The number of rotatable bonds is 7. The molecule has 0 aliphatic carbocycles. The average molecular weight is 269 g/mol. The van der Waals surface area contributed by atoms with Crippen LogP contribution in [0.3, 0.4) is 0 Å². The van der Waals surface area contributed by atoms with Crippen molar-refractivity contribution < 1.29 is 0 Å². The van der Waals surface area contributed by atoms with Crippen molar-refractivity contribution in [2.45, 2.75) is 45.2 Å². The molecule has 102 valence electrons. The number of halogens is 1. The maximum absolute atomic E-state index is 6.22. The van der Waals surface area contributed by atoms with Crippen molar-refractivity contribution >= 4 is 11.6 Å². The molecule has 18 heavy (non-hydrogen) atoms. The second-order valence-electron chi connectivity index (χ2n) is 5.02. The Kier molecular flexibility index (Phi) is 6.69. The van der Waals surface area contributed by atoms with E-state index in [9.17, 15) is 0 Å². The summed E-state index contributed by atoms with van der Waals surface area (Å²) >= 11 is 6.22. The monoisotopic (exact) mass is 268 g/mol. The molecule has 0 aromatic heterocycles. The summed E-state index contributed by atoms with van der Waals surface area (Å²) in [6.45, 7) is 5.37. The molecule has 0 fully saturated rings. The van der Waals surface area contributed by atoms with Crippen molar-refractivity contribution in [2.75, 3.05) is 13.6 Å². The Balaban J connectivity index is 2.51. The van der Waals surface area contributed by atoms with Crippen LogP contribution >= 0.6 is 11.6 Å². The zero-order chi connectivity index (χ0) is 13.5. The van der Waals surface area contributed by atoms with Gasteiger partial charge < -0.3 is 5.73 Å². The highest BCUT2D eigenvalue weighted by atomic mass is 35.5. The van der Waals surface area contributed by atoms with Gasteiger partial charge in [0.1, 0.15) is 0 Å². The molecule has 1 aromatic carbocycles. The molecule has 1 aromatic rings. The summed E-state index contributed by atoms with van der Waals surface area (Å²) in [5, 5.41) is 0.842. The van der Waals surface area contributed by atoms with Crippen LogP contribution in [0.5, 0.6) is 0 Å². The summed E-state index contributed by atoms with van der Waals surface area (Å²) in [4.78, 5) is 2.32. The number of hydrogen-bond acceptors (Lipinski definition) is 2.